The van der Waals surface area contributed by atoms with Gasteiger partial charge in [-0.05, 0) is 23.6 Å². The fourth-order valence-corrected chi connectivity index (χ4v) is 2.98. The lowest BCUT2D eigenvalue weighted by molar-refractivity contribution is -0.125. The Bertz CT molecular complexity index is 1010. The van der Waals surface area contributed by atoms with Gasteiger partial charge in [0, 0.05) is 11.1 Å². The number of hydrogen-bond acceptors (Lipinski definition) is 6. The molecule has 146 valence electrons. The fourth-order valence-electron chi connectivity index (χ4n) is 2.36. The second-order valence-electron chi connectivity index (χ2n) is 5.83. The van der Waals surface area contributed by atoms with Gasteiger partial charge in [-0.2, -0.15) is 0 Å². The number of esters is 1. The van der Waals surface area contributed by atoms with Crippen LogP contribution in [-0.2, 0) is 9.53 Å². The number of hydrazine groups is 1. The molecule has 0 atom stereocenters. The molecule has 2 N–H and O–H groups in total. The third kappa shape index (κ3) is 5.36. The zero-order valence-electron chi connectivity index (χ0n) is 15.1. The third-order valence-electron chi connectivity index (χ3n) is 3.81. The Hall–Kier alpha value is -3.78. The largest absolute Gasteiger partial charge is 0.452 e. The van der Waals surface area contributed by atoms with Crippen molar-refractivity contribution in [1.29, 1.82) is 0 Å². The van der Waals surface area contributed by atoms with Gasteiger partial charge < -0.3 is 4.74 Å². The van der Waals surface area contributed by atoms with Crippen molar-refractivity contribution < 1.29 is 23.9 Å². The molecule has 0 radical (unpaired) electrons. The standard InChI is InChI=1S/C21H16N2O5S/c24-18(22-23-20(26)17-7-4-12-29-17)13-28-21(27)16-10-8-15(9-11-16)19(25)14-5-2-1-3-6-14/h1-12H,13H2,(H,22,24)(H,23,26). The number of nitrogens with one attached hydrogen (secondary N) is 2. The van der Waals surface area contributed by atoms with E-state index >= 15 is 0 Å². The number of rotatable bonds is 6. The van der Waals surface area contributed by atoms with Crippen LogP contribution in [0.5, 0.6) is 0 Å². The van der Waals surface area contributed by atoms with E-state index in [4.69, 9.17) is 4.74 Å². The molecule has 29 heavy (non-hydrogen) atoms. The van der Waals surface area contributed by atoms with Gasteiger partial charge in [0.25, 0.3) is 11.8 Å². The van der Waals surface area contributed by atoms with Crippen LogP contribution in [0.4, 0.5) is 0 Å². The minimum atomic E-state index is -0.719. The van der Waals surface area contributed by atoms with Crippen LogP contribution in [0.2, 0.25) is 0 Å². The molecule has 3 rings (SSSR count). The van der Waals surface area contributed by atoms with Gasteiger partial charge in [-0.1, -0.05) is 48.5 Å². The van der Waals surface area contributed by atoms with E-state index in [0.29, 0.717) is 16.0 Å². The van der Waals surface area contributed by atoms with E-state index in [1.807, 2.05) is 6.07 Å². The smallest absolute Gasteiger partial charge is 0.338 e. The van der Waals surface area contributed by atoms with Crippen molar-refractivity contribution in [2.24, 2.45) is 0 Å². The van der Waals surface area contributed by atoms with E-state index in [-0.39, 0.29) is 11.3 Å². The molecule has 0 bridgehead atoms. The molecule has 2 amide bonds. The molecule has 8 heteroatoms. The van der Waals surface area contributed by atoms with Crippen molar-refractivity contribution in [3.63, 3.8) is 0 Å². The number of hydrogen-bond donors (Lipinski definition) is 2. The molecule has 2 aromatic carbocycles. The van der Waals surface area contributed by atoms with Crippen LogP contribution in [0, 0.1) is 0 Å². The first kappa shape index (κ1) is 20.0. The number of ether oxygens (including phenoxy) is 1. The Morgan fingerprint density at radius 1 is 0.759 bits per heavy atom. The molecule has 0 fully saturated rings. The van der Waals surface area contributed by atoms with Crippen LogP contribution in [0.25, 0.3) is 0 Å². The normalized spacial score (nSPS) is 10.1. The van der Waals surface area contributed by atoms with Crippen molar-refractivity contribution in [2.75, 3.05) is 6.61 Å². The summed E-state index contributed by atoms with van der Waals surface area (Å²) >= 11 is 1.23. The second-order valence-corrected chi connectivity index (χ2v) is 6.78. The highest BCUT2D eigenvalue weighted by Crippen LogP contribution is 2.12. The molecular weight excluding hydrogens is 392 g/mol. The van der Waals surface area contributed by atoms with Gasteiger partial charge in [-0.15, -0.1) is 11.3 Å². The van der Waals surface area contributed by atoms with Crippen molar-refractivity contribution >= 4 is 34.9 Å². The van der Waals surface area contributed by atoms with Gasteiger partial charge in [-0.25, -0.2) is 4.79 Å². The summed E-state index contributed by atoms with van der Waals surface area (Å²) < 4.78 is 4.91. The Morgan fingerprint density at radius 3 is 2.07 bits per heavy atom. The predicted octanol–water partition coefficient (Wildman–Crippen LogP) is 2.60. The second kappa shape index (κ2) is 9.43. The third-order valence-corrected chi connectivity index (χ3v) is 4.68. The Labute approximate surface area is 170 Å². The van der Waals surface area contributed by atoms with Gasteiger partial charge in [0.1, 0.15) is 0 Å². The number of thiophene rings is 1. The topological polar surface area (TPSA) is 102 Å². The molecule has 7 nitrogen and oxygen atoms in total. The van der Waals surface area contributed by atoms with E-state index in [1.165, 1.54) is 35.6 Å². The van der Waals surface area contributed by atoms with E-state index in [1.54, 1.807) is 41.8 Å². The number of carbonyl (C=O) groups is 4. The van der Waals surface area contributed by atoms with E-state index < -0.39 is 24.4 Å². The quantitative estimate of drug-likeness (QED) is 0.371. The highest BCUT2D eigenvalue weighted by Gasteiger charge is 2.14. The molecule has 0 aliphatic heterocycles. The molecule has 3 aromatic rings. The Morgan fingerprint density at radius 2 is 1.41 bits per heavy atom. The molecule has 1 heterocycles. The molecule has 0 aliphatic rings. The first-order chi connectivity index (χ1) is 14.0. The number of amides is 2. The summed E-state index contributed by atoms with van der Waals surface area (Å²) in [5.74, 6) is -2.02. The van der Waals surface area contributed by atoms with Gasteiger partial charge in [0.2, 0.25) is 0 Å². The highest BCUT2D eigenvalue weighted by molar-refractivity contribution is 7.12. The minimum absolute atomic E-state index is 0.161. The zero-order valence-corrected chi connectivity index (χ0v) is 15.9. The van der Waals surface area contributed by atoms with Crippen LogP contribution in [-0.4, -0.2) is 30.2 Å². The van der Waals surface area contributed by atoms with E-state index in [0.717, 1.165) is 0 Å². The minimum Gasteiger partial charge on any atom is -0.452 e. The first-order valence-electron chi connectivity index (χ1n) is 8.54. The average molecular weight is 408 g/mol. The molecule has 0 saturated heterocycles. The van der Waals surface area contributed by atoms with Gasteiger partial charge >= 0.3 is 5.97 Å². The summed E-state index contributed by atoms with van der Waals surface area (Å²) in [7, 11) is 0. The van der Waals surface area contributed by atoms with Gasteiger partial charge in [-0.3, -0.25) is 25.2 Å². The SMILES string of the molecule is O=C(COC(=O)c1ccc(C(=O)c2ccccc2)cc1)NNC(=O)c1cccs1. The van der Waals surface area contributed by atoms with Crippen LogP contribution in [0.3, 0.4) is 0 Å². The molecule has 0 unspecified atom stereocenters. The van der Waals surface area contributed by atoms with Crippen molar-refractivity contribution in [1.82, 2.24) is 10.9 Å². The summed E-state index contributed by atoms with van der Waals surface area (Å²) in [4.78, 5) is 48.3. The number of benzene rings is 2. The van der Waals surface area contributed by atoms with Crippen LogP contribution < -0.4 is 10.9 Å². The zero-order chi connectivity index (χ0) is 20.6. The lowest BCUT2D eigenvalue weighted by Crippen LogP contribution is -2.43. The fraction of sp³-hybridized carbons (Fsp3) is 0.0476. The Kier molecular flexibility index (Phi) is 6.49. The highest BCUT2D eigenvalue weighted by atomic mass is 32.1. The molecule has 1 aromatic heterocycles. The lowest BCUT2D eigenvalue weighted by Gasteiger charge is -2.08. The molecule has 0 saturated carbocycles. The first-order valence-corrected chi connectivity index (χ1v) is 9.42. The maximum atomic E-state index is 12.4. The summed E-state index contributed by atoms with van der Waals surface area (Å²) in [6.07, 6.45) is 0. The van der Waals surface area contributed by atoms with Crippen LogP contribution in [0.1, 0.15) is 36.0 Å². The van der Waals surface area contributed by atoms with Gasteiger partial charge in [0.15, 0.2) is 12.4 Å². The van der Waals surface area contributed by atoms with Crippen molar-refractivity contribution in [2.45, 2.75) is 0 Å². The van der Waals surface area contributed by atoms with Crippen LogP contribution >= 0.6 is 11.3 Å². The summed E-state index contributed by atoms with van der Waals surface area (Å²) in [5, 5.41) is 1.73. The maximum Gasteiger partial charge on any atom is 0.338 e. The monoisotopic (exact) mass is 408 g/mol. The van der Waals surface area contributed by atoms with Gasteiger partial charge in [0.05, 0.1) is 10.4 Å². The maximum absolute atomic E-state index is 12.4. The van der Waals surface area contributed by atoms with Crippen molar-refractivity contribution in [3.05, 3.63) is 93.7 Å². The number of ketones is 1. The summed E-state index contributed by atoms with van der Waals surface area (Å²) in [5.41, 5.74) is 5.57. The molecule has 0 aliphatic carbocycles. The van der Waals surface area contributed by atoms with E-state index in [2.05, 4.69) is 10.9 Å². The molecule has 0 spiro atoms. The summed E-state index contributed by atoms with van der Waals surface area (Å²) in [6, 6.07) is 18.0. The van der Waals surface area contributed by atoms with Crippen molar-refractivity contribution in [3.8, 4) is 0 Å². The summed E-state index contributed by atoms with van der Waals surface area (Å²) in [6.45, 7) is -0.561. The predicted molar refractivity (Wildman–Crippen MR) is 107 cm³/mol. The van der Waals surface area contributed by atoms with E-state index in [9.17, 15) is 19.2 Å². The number of carbonyl (C=O) groups excluding carboxylic acids is 4. The average Bonchev–Trinajstić information content (AvgIpc) is 3.31. The lowest BCUT2D eigenvalue weighted by atomic mass is 10.0. The molecular formula is C21H16N2O5S. The Balaban J connectivity index is 1.48. The van der Waals surface area contributed by atoms with Crippen LogP contribution in [0.15, 0.2) is 72.1 Å².